The zero-order chi connectivity index (χ0) is 15.1. The van der Waals surface area contributed by atoms with Gasteiger partial charge in [0.2, 0.25) is 5.91 Å². The van der Waals surface area contributed by atoms with Gasteiger partial charge in [0.1, 0.15) is 0 Å². The molecule has 0 aliphatic heterocycles. The van der Waals surface area contributed by atoms with Gasteiger partial charge in [-0.05, 0) is 31.0 Å². The van der Waals surface area contributed by atoms with Gasteiger partial charge in [0.25, 0.3) is 0 Å². The SMILES string of the molecule is COC(=O)C(C)CSCC(=O)Nc1cc(C)ccc1C. The van der Waals surface area contributed by atoms with Gasteiger partial charge < -0.3 is 10.1 Å². The van der Waals surface area contributed by atoms with Crippen LogP contribution in [0.4, 0.5) is 5.69 Å². The van der Waals surface area contributed by atoms with E-state index in [-0.39, 0.29) is 17.8 Å². The van der Waals surface area contributed by atoms with Crippen molar-refractivity contribution in [1.82, 2.24) is 0 Å². The third-order valence-electron chi connectivity index (χ3n) is 2.87. The average molecular weight is 295 g/mol. The Kier molecular flexibility index (Phi) is 6.58. The molecule has 0 saturated carbocycles. The molecule has 0 aromatic heterocycles. The summed E-state index contributed by atoms with van der Waals surface area (Å²) in [5, 5.41) is 2.89. The van der Waals surface area contributed by atoms with Crippen LogP contribution in [0.5, 0.6) is 0 Å². The van der Waals surface area contributed by atoms with E-state index in [1.807, 2.05) is 32.0 Å². The predicted octanol–water partition coefficient (Wildman–Crippen LogP) is 2.78. The normalized spacial score (nSPS) is 11.8. The maximum absolute atomic E-state index is 11.8. The first-order valence-electron chi connectivity index (χ1n) is 6.46. The van der Waals surface area contributed by atoms with Crippen LogP contribution in [0.2, 0.25) is 0 Å². The Hall–Kier alpha value is -1.49. The van der Waals surface area contributed by atoms with Crippen LogP contribution >= 0.6 is 11.8 Å². The molecule has 0 saturated heterocycles. The summed E-state index contributed by atoms with van der Waals surface area (Å²) >= 11 is 1.43. The van der Waals surface area contributed by atoms with Crippen molar-refractivity contribution in [2.75, 3.05) is 23.9 Å². The van der Waals surface area contributed by atoms with E-state index in [0.29, 0.717) is 11.5 Å². The van der Waals surface area contributed by atoms with Gasteiger partial charge in [0.05, 0.1) is 18.8 Å². The number of carbonyl (C=O) groups is 2. The van der Waals surface area contributed by atoms with E-state index in [2.05, 4.69) is 10.1 Å². The molecule has 110 valence electrons. The maximum Gasteiger partial charge on any atom is 0.309 e. The first-order chi connectivity index (χ1) is 9.43. The zero-order valence-corrected chi connectivity index (χ0v) is 13.2. The number of benzene rings is 1. The van der Waals surface area contributed by atoms with Gasteiger partial charge in [-0.3, -0.25) is 9.59 Å². The summed E-state index contributed by atoms with van der Waals surface area (Å²) < 4.78 is 4.64. The number of hydrogen-bond acceptors (Lipinski definition) is 4. The lowest BCUT2D eigenvalue weighted by Crippen LogP contribution is -2.18. The molecule has 5 heteroatoms. The second-order valence-corrected chi connectivity index (χ2v) is 5.84. The van der Waals surface area contributed by atoms with Gasteiger partial charge in [-0.2, -0.15) is 11.8 Å². The smallest absolute Gasteiger partial charge is 0.309 e. The highest BCUT2D eigenvalue weighted by atomic mass is 32.2. The maximum atomic E-state index is 11.8. The fraction of sp³-hybridized carbons (Fsp3) is 0.467. The lowest BCUT2D eigenvalue weighted by atomic mass is 10.1. The topological polar surface area (TPSA) is 55.4 Å². The van der Waals surface area contributed by atoms with Crippen molar-refractivity contribution in [1.29, 1.82) is 0 Å². The molecule has 0 aliphatic carbocycles. The number of carbonyl (C=O) groups excluding carboxylic acids is 2. The number of methoxy groups -OCH3 is 1. The van der Waals surface area contributed by atoms with Crippen molar-refractivity contribution < 1.29 is 14.3 Å². The van der Waals surface area contributed by atoms with Crippen LogP contribution in [0.15, 0.2) is 18.2 Å². The Morgan fingerprint density at radius 1 is 1.35 bits per heavy atom. The lowest BCUT2D eigenvalue weighted by Gasteiger charge is -2.10. The lowest BCUT2D eigenvalue weighted by molar-refractivity contribution is -0.144. The summed E-state index contributed by atoms with van der Waals surface area (Å²) in [6.07, 6.45) is 0. The van der Waals surface area contributed by atoms with E-state index in [9.17, 15) is 9.59 Å². The minimum atomic E-state index is -0.243. The molecule has 0 fully saturated rings. The molecule has 1 aromatic carbocycles. The van der Waals surface area contributed by atoms with Crippen molar-refractivity contribution in [3.8, 4) is 0 Å². The molecular formula is C15H21NO3S. The molecule has 1 amide bonds. The third-order valence-corrected chi connectivity index (χ3v) is 4.07. The summed E-state index contributed by atoms with van der Waals surface area (Å²) in [5.41, 5.74) is 2.99. The average Bonchev–Trinajstić information content (AvgIpc) is 2.41. The number of nitrogens with one attached hydrogen (secondary N) is 1. The van der Waals surface area contributed by atoms with Gasteiger partial charge in [0, 0.05) is 11.4 Å². The van der Waals surface area contributed by atoms with Crippen molar-refractivity contribution in [3.05, 3.63) is 29.3 Å². The van der Waals surface area contributed by atoms with Crippen molar-refractivity contribution in [3.63, 3.8) is 0 Å². The van der Waals surface area contributed by atoms with E-state index in [1.54, 1.807) is 6.92 Å². The van der Waals surface area contributed by atoms with Crippen LogP contribution in [0, 0.1) is 19.8 Å². The summed E-state index contributed by atoms with van der Waals surface area (Å²) in [4.78, 5) is 23.1. The van der Waals surface area contributed by atoms with E-state index < -0.39 is 0 Å². The fourth-order valence-electron chi connectivity index (χ4n) is 1.65. The van der Waals surface area contributed by atoms with E-state index in [4.69, 9.17) is 0 Å². The molecule has 1 aromatic rings. The first-order valence-corrected chi connectivity index (χ1v) is 7.62. The van der Waals surface area contributed by atoms with Crippen LogP contribution in [0.25, 0.3) is 0 Å². The molecule has 0 bridgehead atoms. The second-order valence-electron chi connectivity index (χ2n) is 4.81. The first kappa shape index (κ1) is 16.6. The van der Waals surface area contributed by atoms with Gasteiger partial charge in [0.15, 0.2) is 0 Å². The Labute approximate surface area is 124 Å². The van der Waals surface area contributed by atoms with Crippen LogP contribution < -0.4 is 5.32 Å². The Bertz CT molecular complexity index is 488. The minimum Gasteiger partial charge on any atom is -0.469 e. The number of ether oxygens (including phenoxy) is 1. The summed E-state index contributed by atoms with van der Waals surface area (Å²) in [6, 6.07) is 5.95. The number of aryl methyl sites for hydroxylation is 2. The van der Waals surface area contributed by atoms with Gasteiger partial charge in [-0.25, -0.2) is 0 Å². The Morgan fingerprint density at radius 3 is 2.70 bits per heavy atom. The largest absolute Gasteiger partial charge is 0.469 e. The molecular weight excluding hydrogens is 274 g/mol. The predicted molar refractivity (Wildman–Crippen MR) is 83.1 cm³/mol. The highest BCUT2D eigenvalue weighted by molar-refractivity contribution is 8.00. The quantitative estimate of drug-likeness (QED) is 0.820. The van der Waals surface area contributed by atoms with E-state index in [1.165, 1.54) is 18.9 Å². The standard InChI is InChI=1S/C15H21NO3S/c1-10-5-6-11(2)13(7-10)16-14(17)9-20-8-12(3)15(18)19-4/h5-7,12H,8-9H2,1-4H3,(H,16,17). The number of esters is 1. The monoisotopic (exact) mass is 295 g/mol. The zero-order valence-electron chi connectivity index (χ0n) is 12.4. The minimum absolute atomic E-state index is 0.0548. The van der Waals surface area contributed by atoms with Crippen LogP contribution in [0.1, 0.15) is 18.1 Å². The molecule has 0 spiro atoms. The van der Waals surface area contributed by atoms with Crippen molar-refractivity contribution >= 4 is 29.3 Å². The highest BCUT2D eigenvalue weighted by Gasteiger charge is 2.14. The van der Waals surface area contributed by atoms with Crippen molar-refractivity contribution in [2.24, 2.45) is 5.92 Å². The van der Waals surface area contributed by atoms with E-state index in [0.717, 1.165) is 16.8 Å². The number of amides is 1. The summed E-state index contributed by atoms with van der Waals surface area (Å²) in [6.45, 7) is 5.74. The molecule has 1 N–H and O–H groups in total. The highest BCUT2D eigenvalue weighted by Crippen LogP contribution is 2.17. The van der Waals surface area contributed by atoms with Gasteiger partial charge >= 0.3 is 5.97 Å². The summed E-state index contributed by atoms with van der Waals surface area (Å²) in [5.74, 6) is 0.411. The molecule has 0 heterocycles. The molecule has 1 unspecified atom stereocenters. The summed E-state index contributed by atoms with van der Waals surface area (Å²) in [7, 11) is 1.37. The second kappa shape index (κ2) is 7.94. The molecule has 1 rings (SSSR count). The van der Waals surface area contributed by atoms with Crippen LogP contribution in [-0.4, -0.2) is 30.5 Å². The molecule has 0 radical (unpaired) electrons. The van der Waals surface area contributed by atoms with Crippen LogP contribution in [0.3, 0.4) is 0 Å². The fourth-order valence-corrected chi connectivity index (χ4v) is 2.52. The Morgan fingerprint density at radius 2 is 2.05 bits per heavy atom. The van der Waals surface area contributed by atoms with Gasteiger partial charge in [-0.1, -0.05) is 19.1 Å². The third kappa shape index (κ3) is 5.25. The number of anilines is 1. The number of hydrogen-bond donors (Lipinski definition) is 1. The van der Waals surface area contributed by atoms with Gasteiger partial charge in [-0.15, -0.1) is 0 Å². The van der Waals surface area contributed by atoms with Crippen molar-refractivity contribution in [2.45, 2.75) is 20.8 Å². The van der Waals surface area contributed by atoms with E-state index >= 15 is 0 Å². The molecule has 0 aliphatic rings. The molecule has 20 heavy (non-hydrogen) atoms. The molecule has 4 nitrogen and oxygen atoms in total. The molecule has 1 atom stereocenters. The van der Waals surface area contributed by atoms with Crippen LogP contribution in [-0.2, 0) is 14.3 Å². The Balaban J connectivity index is 2.41. The number of thioether (sulfide) groups is 1. The number of rotatable bonds is 6.